The highest BCUT2D eigenvalue weighted by molar-refractivity contribution is 14.0. The summed E-state index contributed by atoms with van der Waals surface area (Å²) in [5.74, 6) is 1.12. The van der Waals surface area contributed by atoms with E-state index >= 15 is 0 Å². The van der Waals surface area contributed by atoms with Crippen LogP contribution in [0.15, 0.2) is 4.99 Å². The van der Waals surface area contributed by atoms with Crippen molar-refractivity contribution in [2.45, 2.75) is 52.0 Å². The third-order valence-electron chi connectivity index (χ3n) is 3.67. The van der Waals surface area contributed by atoms with Gasteiger partial charge in [0, 0.05) is 45.8 Å². The summed E-state index contributed by atoms with van der Waals surface area (Å²) in [5.41, 5.74) is 0. The molecular formula is C16H33IN4O2. The summed E-state index contributed by atoms with van der Waals surface area (Å²) in [6, 6.07) is 0.218. The number of ether oxygens (including phenoxy) is 1. The molecule has 0 aromatic rings. The van der Waals surface area contributed by atoms with Crippen molar-refractivity contribution in [1.29, 1.82) is 0 Å². The molecule has 1 aliphatic rings. The number of nitrogens with one attached hydrogen (secondary N) is 2. The number of carbonyl (C=O) groups excluding carboxylic acids is 1. The number of nitrogens with zero attached hydrogens (tertiary/aromatic N) is 2. The predicted octanol–water partition coefficient (Wildman–Crippen LogP) is 1.99. The lowest BCUT2D eigenvalue weighted by Crippen LogP contribution is -2.44. The van der Waals surface area contributed by atoms with E-state index < -0.39 is 0 Å². The first-order valence-electron chi connectivity index (χ1n) is 8.49. The van der Waals surface area contributed by atoms with Gasteiger partial charge in [-0.25, -0.2) is 0 Å². The number of likely N-dealkylation sites (tertiary alicyclic amines) is 1. The summed E-state index contributed by atoms with van der Waals surface area (Å²) < 4.78 is 5.12. The first-order valence-corrected chi connectivity index (χ1v) is 8.49. The molecule has 0 bridgehead atoms. The fourth-order valence-electron chi connectivity index (χ4n) is 2.57. The Hall–Kier alpha value is -0.570. The van der Waals surface area contributed by atoms with E-state index in [4.69, 9.17) is 4.74 Å². The molecule has 0 radical (unpaired) electrons. The average molecular weight is 440 g/mol. The molecule has 6 nitrogen and oxygen atoms in total. The van der Waals surface area contributed by atoms with E-state index in [1.54, 1.807) is 7.11 Å². The highest BCUT2D eigenvalue weighted by Gasteiger charge is 2.15. The lowest BCUT2D eigenvalue weighted by Gasteiger charge is -2.20. The van der Waals surface area contributed by atoms with Crippen LogP contribution in [-0.4, -0.2) is 62.7 Å². The van der Waals surface area contributed by atoms with Crippen molar-refractivity contribution in [3.63, 3.8) is 0 Å². The second-order valence-corrected chi connectivity index (χ2v) is 5.81. The van der Waals surface area contributed by atoms with E-state index in [1.807, 2.05) is 11.8 Å². The zero-order chi connectivity index (χ0) is 16.2. The molecule has 1 unspecified atom stereocenters. The summed E-state index contributed by atoms with van der Waals surface area (Å²) in [6.45, 7) is 8.03. The van der Waals surface area contributed by atoms with Gasteiger partial charge in [-0.15, -0.1) is 24.0 Å². The number of carbonyl (C=O) groups is 1. The summed E-state index contributed by atoms with van der Waals surface area (Å²) in [4.78, 5) is 18.5. The maximum absolute atomic E-state index is 11.9. The van der Waals surface area contributed by atoms with Gasteiger partial charge in [-0.05, 0) is 33.1 Å². The molecule has 23 heavy (non-hydrogen) atoms. The Morgan fingerprint density at radius 3 is 2.87 bits per heavy atom. The Morgan fingerprint density at radius 1 is 1.39 bits per heavy atom. The van der Waals surface area contributed by atoms with Gasteiger partial charge in [0.15, 0.2) is 5.96 Å². The van der Waals surface area contributed by atoms with Crippen LogP contribution in [0.3, 0.4) is 0 Å². The number of guanidine groups is 1. The molecule has 0 aliphatic carbocycles. The van der Waals surface area contributed by atoms with Gasteiger partial charge in [0.25, 0.3) is 0 Å². The molecule has 7 heteroatoms. The first-order chi connectivity index (χ1) is 10.7. The van der Waals surface area contributed by atoms with Crippen molar-refractivity contribution in [1.82, 2.24) is 15.5 Å². The van der Waals surface area contributed by atoms with Gasteiger partial charge in [0.2, 0.25) is 5.91 Å². The van der Waals surface area contributed by atoms with Crippen molar-refractivity contribution in [2.24, 2.45) is 4.99 Å². The van der Waals surface area contributed by atoms with Crippen LogP contribution in [0.25, 0.3) is 0 Å². The topological polar surface area (TPSA) is 66.0 Å². The summed E-state index contributed by atoms with van der Waals surface area (Å²) in [7, 11) is 1.69. The van der Waals surface area contributed by atoms with E-state index in [0.717, 1.165) is 51.4 Å². The smallest absolute Gasteiger partial charge is 0.222 e. The Kier molecular flexibility index (Phi) is 13.5. The lowest BCUT2D eigenvalue weighted by molar-refractivity contribution is -0.130. The molecule has 0 saturated carbocycles. The highest BCUT2D eigenvalue weighted by Crippen LogP contribution is 2.11. The Morgan fingerprint density at radius 2 is 2.17 bits per heavy atom. The molecule has 136 valence electrons. The van der Waals surface area contributed by atoms with Crippen LogP contribution in [0.4, 0.5) is 0 Å². The lowest BCUT2D eigenvalue weighted by atomic mass is 10.2. The van der Waals surface area contributed by atoms with Gasteiger partial charge < -0.3 is 20.3 Å². The number of rotatable bonds is 8. The maximum Gasteiger partial charge on any atom is 0.222 e. The van der Waals surface area contributed by atoms with Gasteiger partial charge in [-0.2, -0.15) is 0 Å². The second-order valence-electron chi connectivity index (χ2n) is 5.81. The van der Waals surface area contributed by atoms with Crippen LogP contribution in [0.5, 0.6) is 0 Å². The standard InChI is InChI=1S/C16H32N4O2.HI/c1-4-17-16(19-14(2)13-22-3)18-10-8-12-20-11-7-5-6-9-15(20)21;/h14H,4-13H2,1-3H3,(H2,17,18,19);1H. The molecule has 0 aromatic heterocycles. The van der Waals surface area contributed by atoms with Gasteiger partial charge in [0.05, 0.1) is 6.61 Å². The number of methoxy groups -OCH3 is 1. The van der Waals surface area contributed by atoms with Crippen LogP contribution < -0.4 is 10.6 Å². The maximum atomic E-state index is 11.9. The van der Waals surface area contributed by atoms with E-state index in [9.17, 15) is 4.79 Å². The van der Waals surface area contributed by atoms with E-state index in [1.165, 1.54) is 6.42 Å². The molecule has 1 fully saturated rings. The minimum Gasteiger partial charge on any atom is -0.383 e. The van der Waals surface area contributed by atoms with Crippen LogP contribution in [0.1, 0.15) is 46.0 Å². The number of hydrogen-bond acceptors (Lipinski definition) is 3. The first kappa shape index (κ1) is 22.4. The van der Waals surface area contributed by atoms with Crippen LogP contribution in [0, 0.1) is 0 Å². The van der Waals surface area contributed by atoms with Crippen LogP contribution in [-0.2, 0) is 9.53 Å². The van der Waals surface area contributed by atoms with Crippen molar-refractivity contribution in [3.8, 4) is 0 Å². The minimum atomic E-state index is 0. The SMILES string of the molecule is CCNC(=NCCCN1CCCCCC1=O)NC(C)COC.I. The van der Waals surface area contributed by atoms with Crippen LogP contribution in [0.2, 0.25) is 0 Å². The number of amides is 1. The summed E-state index contributed by atoms with van der Waals surface area (Å²) in [5, 5.41) is 6.54. The van der Waals surface area contributed by atoms with E-state index in [0.29, 0.717) is 18.9 Å². The van der Waals surface area contributed by atoms with Crippen molar-refractivity contribution in [2.75, 3.05) is 39.9 Å². The molecule has 1 atom stereocenters. The normalized spacial score (nSPS) is 17.3. The third-order valence-corrected chi connectivity index (χ3v) is 3.67. The Bertz CT molecular complexity index is 353. The molecule has 1 amide bonds. The minimum absolute atomic E-state index is 0. The highest BCUT2D eigenvalue weighted by atomic mass is 127. The van der Waals surface area contributed by atoms with Crippen molar-refractivity contribution < 1.29 is 9.53 Å². The quantitative estimate of drug-likeness (QED) is 0.262. The number of aliphatic imine (C=N–C) groups is 1. The third kappa shape index (κ3) is 10.0. The number of hydrogen-bond donors (Lipinski definition) is 2. The van der Waals surface area contributed by atoms with Gasteiger partial charge in [-0.3, -0.25) is 9.79 Å². The van der Waals surface area contributed by atoms with Crippen molar-refractivity contribution in [3.05, 3.63) is 0 Å². The Balaban J connectivity index is 0.00000484. The second kappa shape index (κ2) is 13.8. The number of halogens is 1. The zero-order valence-corrected chi connectivity index (χ0v) is 17.1. The summed E-state index contributed by atoms with van der Waals surface area (Å²) in [6.07, 6.45) is 4.96. The molecule has 2 N–H and O–H groups in total. The molecule has 0 spiro atoms. The Labute approximate surface area is 157 Å². The fourth-order valence-corrected chi connectivity index (χ4v) is 2.57. The largest absolute Gasteiger partial charge is 0.383 e. The van der Waals surface area contributed by atoms with Gasteiger partial charge in [0.1, 0.15) is 0 Å². The monoisotopic (exact) mass is 440 g/mol. The van der Waals surface area contributed by atoms with Gasteiger partial charge in [-0.1, -0.05) is 6.42 Å². The average Bonchev–Trinajstić information content (AvgIpc) is 2.68. The molecule has 1 rings (SSSR count). The molecule has 1 aliphatic heterocycles. The predicted molar refractivity (Wildman–Crippen MR) is 106 cm³/mol. The fraction of sp³-hybridized carbons (Fsp3) is 0.875. The molecule has 1 saturated heterocycles. The van der Waals surface area contributed by atoms with Crippen LogP contribution >= 0.6 is 24.0 Å². The van der Waals surface area contributed by atoms with Gasteiger partial charge >= 0.3 is 0 Å². The molecule has 0 aromatic carbocycles. The summed E-state index contributed by atoms with van der Waals surface area (Å²) >= 11 is 0. The van der Waals surface area contributed by atoms with Crippen molar-refractivity contribution >= 4 is 35.8 Å². The molecular weight excluding hydrogens is 407 g/mol. The zero-order valence-electron chi connectivity index (χ0n) is 14.8. The van der Waals surface area contributed by atoms with E-state index in [2.05, 4.69) is 22.5 Å². The molecule has 1 heterocycles. The van der Waals surface area contributed by atoms with E-state index in [-0.39, 0.29) is 30.0 Å².